The molecule has 0 aliphatic heterocycles. The molecular formula is C23H28N4O. The van der Waals surface area contributed by atoms with Crippen LogP contribution in [-0.4, -0.2) is 21.0 Å². The Bertz CT molecular complexity index is 958. The van der Waals surface area contributed by atoms with Gasteiger partial charge in [0, 0.05) is 18.6 Å². The normalized spacial score (nSPS) is 22.3. The van der Waals surface area contributed by atoms with Crippen molar-refractivity contribution >= 4 is 16.9 Å². The van der Waals surface area contributed by atoms with Crippen LogP contribution in [0.2, 0.25) is 0 Å². The molecule has 1 aliphatic rings. The van der Waals surface area contributed by atoms with Crippen molar-refractivity contribution in [2.75, 3.05) is 0 Å². The summed E-state index contributed by atoms with van der Waals surface area (Å²) in [6, 6.07) is 16.5. The highest BCUT2D eigenvalue weighted by atomic mass is 16.1. The van der Waals surface area contributed by atoms with Gasteiger partial charge in [-0.05, 0) is 43.0 Å². The number of nitrogens with zero attached hydrogens (tertiary/aromatic N) is 2. The predicted molar refractivity (Wildman–Crippen MR) is 112 cm³/mol. The third-order valence-corrected chi connectivity index (χ3v) is 5.94. The van der Waals surface area contributed by atoms with Gasteiger partial charge in [-0.2, -0.15) is 0 Å². The first kappa shape index (κ1) is 18.7. The van der Waals surface area contributed by atoms with Crippen LogP contribution in [0.25, 0.3) is 11.0 Å². The summed E-state index contributed by atoms with van der Waals surface area (Å²) >= 11 is 0. The maximum Gasteiger partial charge on any atom is 0.225 e. The van der Waals surface area contributed by atoms with Gasteiger partial charge in [0.05, 0.1) is 23.3 Å². The van der Waals surface area contributed by atoms with E-state index in [-0.39, 0.29) is 17.4 Å². The summed E-state index contributed by atoms with van der Waals surface area (Å²) in [5.41, 5.74) is 10.4. The number of rotatable bonds is 5. The highest BCUT2D eigenvalue weighted by molar-refractivity contribution is 5.80. The molecule has 0 bridgehead atoms. The van der Waals surface area contributed by atoms with Crippen LogP contribution in [0, 0.1) is 5.92 Å². The summed E-state index contributed by atoms with van der Waals surface area (Å²) in [6.07, 6.45) is 5.89. The molecule has 1 fully saturated rings. The van der Waals surface area contributed by atoms with E-state index in [9.17, 15) is 4.79 Å². The van der Waals surface area contributed by atoms with Gasteiger partial charge >= 0.3 is 0 Å². The Balaban J connectivity index is 1.36. The number of nitrogens with two attached hydrogens (primary N) is 1. The summed E-state index contributed by atoms with van der Waals surface area (Å²) in [4.78, 5) is 17.0. The monoisotopic (exact) mass is 376 g/mol. The summed E-state index contributed by atoms with van der Waals surface area (Å²) in [6.45, 7) is 3.32. The summed E-state index contributed by atoms with van der Waals surface area (Å²) in [7, 11) is 0. The van der Waals surface area contributed by atoms with E-state index in [2.05, 4.69) is 45.2 Å². The Kier molecular flexibility index (Phi) is 5.18. The van der Waals surface area contributed by atoms with Crippen molar-refractivity contribution < 1.29 is 4.79 Å². The van der Waals surface area contributed by atoms with Gasteiger partial charge in [0.15, 0.2) is 0 Å². The molecule has 3 N–H and O–H groups in total. The van der Waals surface area contributed by atoms with Crippen molar-refractivity contribution in [3.8, 4) is 0 Å². The van der Waals surface area contributed by atoms with Gasteiger partial charge < -0.3 is 15.6 Å². The fourth-order valence-corrected chi connectivity index (χ4v) is 4.20. The minimum Gasteiger partial charge on any atom is -0.352 e. The lowest BCUT2D eigenvalue weighted by Crippen LogP contribution is -2.52. The summed E-state index contributed by atoms with van der Waals surface area (Å²) in [5, 5.41) is 3.08. The number of hydrogen-bond acceptors (Lipinski definition) is 3. The average molecular weight is 377 g/mol. The molecule has 28 heavy (non-hydrogen) atoms. The Morgan fingerprint density at radius 2 is 1.93 bits per heavy atom. The number of carbonyl (C=O) groups excluding carboxylic acids is 1. The minimum atomic E-state index is -0.389. The first-order valence-corrected chi connectivity index (χ1v) is 10.1. The van der Waals surface area contributed by atoms with Gasteiger partial charge in [0.1, 0.15) is 0 Å². The van der Waals surface area contributed by atoms with E-state index in [1.54, 1.807) is 0 Å². The zero-order chi connectivity index (χ0) is 19.6. The van der Waals surface area contributed by atoms with Gasteiger partial charge in [0.2, 0.25) is 5.91 Å². The van der Waals surface area contributed by atoms with E-state index in [1.165, 1.54) is 5.56 Å². The summed E-state index contributed by atoms with van der Waals surface area (Å²) in [5.74, 6) is -0.00583. The molecule has 5 nitrogen and oxygen atoms in total. The van der Waals surface area contributed by atoms with Crippen molar-refractivity contribution in [3.63, 3.8) is 0 Å². The van der Waals surface area contributed by atoms with E-state index in [4.69, 9.17) is 5.73 Å². The number of aromatic nitrogens is 2. The fourth-order valence-electron chi connectivity index (χ4n) is 4.20. The number of carbonyl (C=O) groups is 1. The number of hydrogen-bond donors (Lipinski definition) is 2. The van der Waals surface area contributed by atoms with Crippen LogP contribution < -0.4 is 11.1 Å². The maximum atomic E-state index is 12.6. The van der Waals surface area contributed by atoms with Crippen LogP contribution in [0.1, 0.15) is 43.7 Å². The molecule has 1 aromatic heterocycles. The lowest BCUT2D eigenvalue weighted by molar-refractivity contribution is -0.128. The van der Waals surface area contributed by atoms with Gasteiger partial charge in [-0.15, -0.1) is 0 Å². The van der Waals surface area contributed by atoms with Gasteiger partial charge in [0.25, 0.3) is 0 Å². The standard InChI is InChI=1S/C23H28N4O/c1-23(24)13-5-4-6-19(23)22(28)25-14-17-9-11-18(12-10-17)15-27-16-26-20-7-2-3-8-21(20)27/h2-3,7-12,16,19H,4-6,13-15,24H2,1H3,(H,25,28). The van der Waals surface area contributed by atoms with Gasteiger partial charge in [-0.3, -0.25) is 4.79 Å². The van der Waals surface area contributed by atoms with Crippen LogP contribution in [0.3, 0.4) is 0 Å². The molecule has 146 valence electrons. The van der Waals surface area contributed by atoms with E-state index >= 15 is 0 Å². The van der Waals surface area contributed by atoms with Crippen molar-refractivity contribution in [1.82, 2.24) is 14.9 Å². The Hall–Kier alpha value is -2.66. The van der Waals surface area contributed by atoms with Crippen molar-refractivity contribution in [1.29, 1.82) is 0 Å². The zero-order valence-corrected chi connectivity index (χ0v) is 16.4. The molecule has 1 aliphatic carbocycles. The molecule has 3 aromatic rings. The Morgan fingerprint density at radius 3 is 2.71 bits per heavy atom. The number of para-hydroxylation sites is 2. The fraction of sp³-hybridized carbons (Fsp3) is 0.391. The Labute approximate surface area is 166 Å². The molecule has 0 saturated heterocycles. The SMILES string of the molecule is CC1(N)CCCCC1C(=O)NCc1ccc(Cn2cnc3ccccc32)cc1. The quantitative estimate of drug-likeness (QED) is 0.714. The molecule has 1 saturated carbocycles. The van der Waals surface area contributed by atoms with Crippen molar-refractivity contribution in [3.05, 3.63) is 66.0 Å². The lowest BCUT2D eigenvalue weighted by atomic mass is 9.74. The van der Waals surface area contributed by atoms with Crippen LogP contribution in [-0.2, 0) is 17.9 Å². The molecular weight excluding hydrogens is 348 g/mol. The van der Waals surface area contributed by atoms with Crippen molar-refractivity contribution in [2.45, 2.75) is 51.2 Å². The molecule has 4 rings (SSSR count). The molecule has 0 spiro atoms. The second-order valence-corrected chi connectivity index (χ2v) is 8.20. The molecule has 5 heteroatoms. The van der Waals surface area contributed by atoms with E-state index < -0.39 is 0 Å². The second kappa shape index (κ2) is 7.76. The third kappa shape index (κ3) is 3.94. The average Bonchev–Trinajstić information content (AvgIpc) is 3.10. The minimum absolute atomic E-state index is 0.0821. The molecule has 0 radical (unpaired) electrons. The summed E-state index contributed by atoms with van der Waals surface area (Å²) < 4.78 is 2.15. The largest absolute Gasteiger partial charge is 0.352 e. The first-order valence-electron chi connectivity index (χ1n) is 10.1. The van der Waals surface area contributed by atoms with E-state index in [0.29, 0.717) is 6.54 Å². The molecule has 2 unspecified atom stereocenters. The lowest BCUT2D eigenvalue weighted by Gasteiger charge is -2.37. The van der Waals surface area contributed by atoms with Crippen LogP contribution in [0.5, 0.6) is 0 Å². The van der Waals surface area contributed by atoms with Gasteiger partial charge in [-0.25, -0.2) is 4.98 Å². The number of amides is 1. The maximum absolute atomic E-state index is 12.6. The van der Waals surface area contributed by atoms with Crippen molar-refractivity contribution in [2.24, 2.45) is 11.7 Å². The van der Waals surface area contributed by atoms with Crippen LogP contribution in [0.15, 0.2) is 54.9 Å². The number of nitrogens with one attached hydrogen (secondary N) is 1. The molecule has 1 heterocycles. The number of fused-ring (bicyclic) bond motifs is 1. The number of benzene rings is 2. The molecule has 1 amide bonds. The smallest absolute Gasteiger partial charge is 0.225 e. The highest BCUT2D eigenvalue weighted by Crippen LogP contribution is 2.31. The third-order valence-electron chi connectivity index (χ3n) is 5.94. The Morgan fingerprint density at radius 1 is 1.18 bits per heavy atom. The number of imidazole rings is 1. The first-order chi connectivity index (χ1) is 13.5. The topological polar surface area (TPSA) is 72.9 Å². The molecule has 2 atom stereocenters. The van der Waals surface area contributed by atoms with Crippen LogP contribution >= 0.6 is 0 Å². The highest BCUT2D eigenvalue weighted by Gasteiger charge is 2.37. The predicted octanol–water partition coefficient (Wildman–Crippen LogP) is 3.61. The van der Waals surface area contributed by atoms with Gasteiger partial charge in [-0.1, -0.05) is 49.2 Å². The van der Waals surface area contributed by atoms with E-state index in [0.717, 1.165) is 48.8 Å². The zero-order valence-electron chi connectivity index (χ0n) is 16.4. The second-order valence-electron chi connectivity index (χ2n) is 8.20. The molecule has 2 aromatic carbocycles. The van der Waals surface area contributed by atoms with Crippen LogP contribution in [0.4, 0.5) is 0 Å². The van der Waals surface area contributed by atoms with E-state index in [1.807, 2.05) is 31.5 Å².